The number of nitrogens with one attached hydrogen (secondary N) is 1. The zero-order valence-electron chi connectivity index (χ0n) is 13.1. The van der Waals surface area contributed by atoms with Crippen LogP contribution in [0.3, 0.4) is 0 Å². The summed E-state index contributed by atoms with van der Waals surface area (Å²) in [6.07, 6.45) is 2.27. The third kappa shape index (κ3) is 7.44. The second kappa shape index (κ2) is 9.26. The van der Waals surface area contributed by atoms with Gasteiger partial charge in [0.25, 0.3) is 10.1 Å². The fourth-order valence-electron chi connectivity index (χ4n) is 1.64. The summed E-state index contributed by atoms with van der Waals surface area (Å²) in [6, 6.07) is 11.4. The Hall–Kier alpha value is -2.10. The molecule has 1 heterocycles. The third-order valence-electron chi connectivity index (χ3n) is 2.86. The Morgan fingerprint density at radius 2 is 1.88 bits per heavy atom. The summed E-state index contributed by atoms with van der Waals surface area (Å²) < 4.78 is 30.6. The highest BCUT2D eigenvalue weighted by molar-refractivity contribution is 8.13. The summed E-state index contributed by atoms with van der Waals surface area (Å²) in [4.78, 5) is -0.0666. The van der Waals surface area contributed by atoms with E-state index < -0.39 is 10.1 Å². The van der Waals surface area contributed by atoms with Gasteiger partial charge in [0.2, 0.25) is 11.9 Å². The van der Waals surface area contributed by atoms with Crippen molar-refractivity contribution >= 4 is 27.0 Å². The normalized spacial score (nSPS) is 10.6. The van der Waals surface area contributed by atoms with E-state index >= 15 is 0 Å². The van der Waals surface area contributed by atoms with Gasteiger partial charge < -0.3 is 5.73 Å². The quantitative estimate of drug-likeness (QED) is 0.213. The van der Waals surface area contributed by atoms with Crippen molar-refractivity contribution < 1.29 is 22.9 Å². The van der Waals surface area contributed by atoms with Gasteiger partial charge in [-0.2, -0.15) is 8.42 Å². The molecular formula is C15H20N3O4S2+. The summed E-state index contributed by atoms with van der Waals surface area (Å²) in [5, 5.41) is 16.4. The summed E-state index contributed by atoms with van der Waals surface area (Å²) in [6.45, 7) is 1.84. The Kier molecular flexibility index (Phi) is 7.69. The first-order valence-electron chi connectivity index (χ1n) is 6.90. The van der Waals surface area contributed by atoms with E-state index in [0.29, 0.717) is 12.2 Å². The number of pyridine rings is 1. The Bertz CT molecular complexity index is 778. The molecule has 9 heteroatoms. The van der Waals surface area contributed by atoms with Gasteiger partial charge in [0.05, 0.1) is 4.90 Å². The van der Waals surface area contributed by atoms with Crippen molar-refractivity contribution in [3.05, 3.63) is 59.9 Å². The van der Waals surface area contributed by atoms with E-state index in [0.717, 1.165) is 16.0 Å². The molecule has 0 spiro atoms. The molecule has 0 aliphatic heterocycles. The van der Waals surface area contributed by atoms with E-state index in [2.05, 4.69) is 0 Å². The Labute approximate surface area is 145 Å². The Morgan fingerprint density at radius 3 is 2.38 bits per heavy atom. The standard InChI is InChI=1S/C8H12N3OS.C7H8O3S/c9-8(10)13-6-4-7-3-1-2-5-11(7)12;1-6-2-4-7(5-3-6)11(8,9)10/h1-3,5,12H,4,6H2,(H3,9,10);2-5H,1H3,(H,8,9,10)/q+1;. The van der Waals surface area contributed by atoms with Gasteiger partial charge in [-0.25, -0.2) is 0 Å². The molecule has 0 aliphatic carbocycles. The fraction of sp³-hybridized carbons (Fsp3) is 0.200. The van der Waals surface area contributed by atoms with Crippen molar-refractivity contribution in [3.63, 3.8) is 0 Å². The topological polar surface area (TPSA) is 128 Å². The average Bonchev–Trinajstić information content (AvgIpc) is 2.49. The number of aryl methyl sites for hydroxylation is 2. The maximum Gasteiger partial charge on any atom is 0.294 e. The minimum absolute atomic E-state index is 0.0666. The summed E-state index contributed by atoms with van der Waals surface area (Å²) >= 11 is 1.27. The molecule has 0 radical (unpaired) electrons. The first-order valence-corrected chi connectivity index (χ1v) is 9.32. The van der Waals surface area contributed by atoms with Gasteiger partial charge >= 0.3 is 0 Å². The van der Waals surface area contributed by atoms with E-state index in [1.54, 1.807) is 24.4 Å². The van der Waals surface area contributed by atoms with Crippen LogP contribution in [0.2, 0.25) is 0 Å². The lowest BCUT2D eigenvalue weighted by molar-refractivity contribution is -0.909. The Balaban J connectivity index is 0.000000243. The van der Waals surface area contributed by atoms with Gasteiger partial charge in [0, 0.05) is 29.0 Å². The highest BCUT2D eigenvalue weighted by atomic mass is 32.2. The van der Waals surface area contributed by atoms with Gasteiger partial charge in [-0.1, -0.05) is 29.5 Å². The van der Waals surface area contributed by atoms with Crippen molar-refractivity contribution in [1.82, 2.24) is 0 Å². The maximum atomic E-state index is 10.5. The molecule has 1 aromatic carbocycles. The molecule has 24 heavy (non-hydrogen) atoms. The highest BCUT2D eigenvalue weighted by Crippen LogP contribution is 2.08. The zero-order valence-corrected chi connectivity index (χ0v) is 14.7. The number of benzene rings is 1. The third-order valence-corrected chi connectivity index (χ3v) is 4.44. The van der Waals surface area contributed by atoms with Crippen molar-refractivity contribution in [3.8, 4) is 0 Å². The van der Waals surface area contributed by atoms with Crippen LogP contribution in [0.4, 0.5) is 0 Å². The van der Waals surface area contributed by atoms with Crippen LogP contribution in [0.1, 0.15) is 11.3 Å². The van der Waals surface area contributed by atoms with Crippen molar-refractivity contribution in [2.24, 2.45) is 5.73 Å². The predicted octanol–water partition coefficient (Wildman–Crippen LogP) is 1.62. The number of aromatic nitrogens is 1. The van der Waals surface area contributed by atoms with Gasteiger partial charge in [0.1, 0.15) is 0 Å². The summed E-state index contributed by atoms with van der Waals surface area (Å²) in [5.74, 6) is 0.708. The van der Waals surface area contributed by atoms with Crippen LogP contribution in [-0.4, -0.2) is 29.1 Å². The van der Waals surface area contributed by atoms with Crippen molar-refractivity contribution in [2.45, 2.75) is 18.2 Å². The van der Waals surface area contributed by atoms with Crippen LogP contribution < -0.4 is 10.5 Å². The molecule has 1 aromatic heterocycles. The van der Waals surface area contributed by atoms with Gasteiger partial charge in [-0.15, -0.1) is 0 Å². The summed E-state index contributed by atoms with van der Waals surface area (Å²) in [5.41, 5.74) is 6.94. The number of nitrogens with two attached hydrogens (primary N) is 1. The molecule has 5 N–H and O–H groups in total. The van der Waals surface area contributed by atoms with Gasteiger partial charge in [-0.3, -0.25) is 15.2 Å². The molecule has 2 rings (SSSR count). The van der Waals surface area contributed by atoms with E-state index in [1.807, 2.05) is 19.1 Å². The molecule has 0 saturated heterocycles. The monoisotopic (exact) mass is 370 g/mol. The van der Waals surface area contributed by atoms with Gasteiger partial charge in [0.15, 0.2) is 5.17 Å². The number of nitrogens with zero attached hydrogens (tertiary/aromatic N) is 1. The first-order chi connectivity index (χ1) is 11.2. The highest BCUT2D eigenvalue weighted by Gasteiger charge is 2.07. The van der Waals surface area contributed by atoms with E-state index in [4.69, 9.17) is 15.7 Å². The number of hydrogen-bond donors (Lipinski definition) is 4. The number of rotatable bonds is 4. The second-order valence-corrected chi connectivity index (χ2v) is 7.35. The molecule has 0 unspecified atom stereocenters. The SMILES string of the molecule is Cc1ccc(S(=O)(=O)O)cc1.N=C(N)SCCc1cccc[n+]1O. The van der Waals surface area contributed by atoms with E-state index in [9.17, 15) is 13.6 Å². The van der Waals surface area contributed by atoms with Crippen LogP contribution in [0, 0.1) is 12.3 Å². The number of thioether (sulfide) groups is 1. The molecule has 0 aliphatic rings. The van der Waals surface area contributed by atoms with E-state index in [-0.39, 0.29) is 10.1 Å². The summed E-state index contributed by atoms with van der Waals surface area (Å²) in [7, 11) is -4.02. The van der Waals surface area contributed by atoms with Crippen LogP contribution in [0.15, 0.2) is 53.6 Å². The van der Waals surface area contributed by atoms with Crippen LogP contribution in [-0.2, 0) is 16.5 Å². The fourth-order valence-corrected chi connectivity index (χ4v) is 2.65. The van der Waals surface area contributed by atoms with Crippen LogP contribution in [0.25, 0.3) is 0 Å². The maximum absolute atomic E-state index is 10.5. The van der Waals surface area contributed by atoms with Crippen molar-refractivity contribution in [2.75, 3.05) is 5.75 Å². The molecule has 7 nitrogen and oxygen atoms in total. The van der Waals surface area contributed by atoms with E-state index in [1.165, 1.54) is 23.9 Å². The molecule has 0 amide bonds. The zero-order chi connectivity index (χ0) is 18.2. The lowest BCUT2D eigenvalue weighted by Gasteiger charge is -1.96. The molecule has 0 saturated carbocycles. The molecule has 0 fully saturated rings. The number of hydrogen-bond acceptors (Lipinski definition) is 5. The lowest BCUT2D eigenvalue weighted by Crippen LogP contribution is -2.34. The van der Waals surface area contributed by atoms with Gasteiger partial charge in [-0.05, 0) is 25.1 Å². The minimum atomic E-state index is -4.02. The van der Waals surface area contributed by atoms with Crippen molar-refractivity contribution in [1.29, 1.82) is 5.41 Å². The molecule has 0 atom stereocenters. The molecule has 130 valence electrons. The molecule has 2 aromatic rings. The first kappa shape index (κ1) is 19.9. The Morgan fingerprint density at radius 1 is 1.25 bits per heavy atom. The largest absolute Gasteiger partial charge is 0.379 e. The molecular weight excluding hydrogens is 350 g/mol. The smallest absolute Gasteiger partial charge is 0.294 e. The number of amidine groups is 1. The minimum Gasteiger partial charge on any atom is -0.379 e. The molecule has 0 bridgehead atoms. The van der Waals surface area contributed by atoms with Crippen LogP contribution in [0.5, 0.6) is 0 Å². The predicted molar refractivity (Wildman–Crippen MR) is 92.9 cm³/mol. The lowest BCUT2D eigenvalue weighted by atomic mass is 10.2. The second-order valence-electron chi connectivity index (χ2n) is 4.79. The average molecular weight is 370 g/mol. The van der Waals surface area contributed by atoms with Crippen LogP contribution >= 0.6 is 11.8 Å².